The zero-order valence-corrected chi connectivity index (χ0v) is 18.5. The molecule has 0 aromatic carbocycles. The summed E-state index contributed by atoms with van der Waals surface area (Å²) in [5, 5.41) is 13.2. The fourth-order valence-corrected chi connectivity index (χ4v) is 5.74. The van der Waals surface area contributed by atoms with E-state index in [1.165, 1.54) is 23.3 Å². The van der Waals surface area contributed by atoms with Crippen LogP contribution in [0, 0.1) is 13.8 Å². The molecule has 0 atom stereocenters. The number of carbonyl (C=O) groups is 3. The molecule has 4 rings (SSSR count). The number of likely N-dealkylation sites (N-methyl/N-ethyl adjacent to an activating group) is 1. The van der Waals surface area contributed by atoms with Gasteiger partial charge in [-0.2, -0.15) is 0 Å². The number of amides is 2. The molecule has 7 nitrogen and oxygen atoms in total. The Bertz CT molecular complexity index is 1160. The molecule has 3 heterocycles. The summed E-state index contributed by atoms with van der Waals surface area (Å²) in [5.41, 5.74) is 3.61. The van der Waals surface area contributed by atoms with Crippen LogP contribution in [0.25, 0.3) is 11.1 Å². The highest BCUT2D eigenvalue weighted by Gasteiger charge is 2.32. The van der Waals surface area contributed by atoms with Crippen LogP contribution in [0.3, 0.4) is 0 Å². The molecular formula is C21H21N3O4S2. The number of aromatic nitrogens is 1. The van der Waals surface area contributed by atoms with Gasteiger partial charge in [-0.25, -0.2) is 4.79 Å². The highest BCUT2D eigenvalue weighted by atomic mass is 32.1. The normalized spacial score (nSPS) is 18.0. The summed E-state index contributed by atoms with van der Waals surface area (Å²) in [6.07, 6.45) is 5.29. The molecule has 30 heavy (non-hydrogen) atoms. The first kappa shape index (κ1) is 20.5. The summed E-state index contributed by atoms with van der Waals surface area (Å²) in [7, 11) is 1.51. The third-order valence-corrected chi connectivity index (χ3v) is 7.30. The lowest BCUT2D eigenvalue weighted by Crippen LogP contribution is -2.52. The minimum Gasteiger partial charge on any atom is -0.478 e. The van der Waals surface area contributed by atoms with Crippen LogP contribution in [-0.2, 0) is 22.4 Å². The molecule has 1 saturated heterocycles. The Kier molecular flexibility index (Phi) is 5.11. The highest BCUT2D eigenvalue weighted by Crippen LogP contribution is 2.39. The summed E-state index contributed by atoms with van der Waals surface area (Å²) in [6, 6.07) is 1.86. The van der Waals surface area contributed by atoms with Crippen LogP contribution >= 0.6 is 23.6 Å². The maximum absolute atomic E-state index is 12.5. The van der Waals surface area contributed by atoms with E-state index in [0.717, 1.165) is 47.5 Å². The average molecular weight is 444 g/mol. The molecule has 2 aliphatic rings. The molecule has 9 heteroatoms. The van der Waals surface area contributed by atoms with Gasteiger partial charge in [0, 0.05) is 23.3 Å². The van der Waals surface area contributed by atoms with Gasteiger partial charge in [0.25, 0.3) is 11.8 Å². The van der Waals surface area contributed by atoms with E-state index in [1.54, 1.807) is 6.08 Å². The van der Waals surface area contributed by atoms with E-state index in [9.17, 15) is 19.5 Å². The SMILES string of the molecule is Cc1cc(C=C2C(=O)NC(=S)N(C)C2=O)c(C)n1-c1sc2c(c1C(=O)O)CCCC2. The monoisotopic (exact) mass is 443 g/mol. The Hall–Kier alpha value is -2.78. The van der Waals surface area contributed by atoms with Gasteiger partial charge in [0.05, 0.1) is 5.56 Å². The van der Waals surface area contributed by atoms with E-state index in [2.05, 4.69) is 5.32 Å². The van der Waals surface area contributed by atoms with Crippen molar-refractivity contribution in [2.24, 2.45) is 0 Å². The Labute approximate surface area is 183 Å². The van der Waals surface area contributed by atoms with Crippen molar-refractivity contribution in [3.8, 4) is 5.00 Å². The van der Waals surface area contributed by atoms with E-state index in [0.29, 0.717) is 16.1 Å². The number of nitrogens with zero attached hydrogens (tertiary/aromatic N) is 2. The summed E-state index contributed by atoms with van der Waals surface area (Å²) in [5.74, 6) is -1.93. The number of fused-ring (bicyclic) bond motifs is 1. The standard InChI is InChI=1S/C21H21N3O4S2/c1-10-8-12(9-14-17(25)22-21(29)23(3)18(14)26)11(2)24(10)19-16(20(27)28)13-6-4-5-7-15(13)30-19/h8-9H,4-7H2,1-3H3,(H,27,28)(H,22,25,29). The number of nitrogens with one attached hydrogen (secondary N) is 1. The third-order valence-electron chi connectivity index (χ3n) is 5.64. The minimum atomic E-state index is -0.922. The van der Waals surface area contributed by atoms with E-state index >= 15 is 0 Å². The second kappa shape index (κ2) is 7.48. The number of carbonyl (C=O) groups excluding carboxylic acids is 2. The Morgan fingerprint density at radius 1 is 1.27 bits per heavy atom. The number of thiocarbonyl (C=S) groups is 1. The second-order valence-corrected chi connectivity index (χ2v) is 9.01. The van der Waals surface area contributed by atoms with E-state index in [-0.39, 0.29) is 10.7 Å². The maximum Gasteiger partial charge on any atom is 0.339 e. The number of carboxylic acids is 1. The minimum absolute atomic E-state index is 0.00437. The predicted molar refractivity (Wildman–Crippen MR) is 118 cm³/mol. The van der Waals surface area contributed by atoms with Crippen molar-refractivity contribution in [3.05, 3.63) is 44.6 Å². The van der Waals surface area contributed by atoms with Crippen LogP contribution in [0.1, 0.15) is 50.6 Å². The molecular weight excluding hydrogens is 422 g/mol. The number of hydrogen-bond donors (Lipinski definition) is 2. The van der Waals surface area contributed by atoms with Gasteiger partial charge in [-0.05, 0) is 75.0 Å². The average Bonchev–Trinajstić information content (AvgIpc) is 3.20. The Morgan fingerprint density at radius 2 is 1.97 bits per heavy atom. The van der Waals surface area contributed by atoms with Crippen molar-refractivity contribution < 1.29 is 19.5 Å². The summed E-state index contributed by atoms with van der Waals surface area (Å²) < 4.78 is 1.92. The molecule has 2 amide bonds. The van der Waals surface area contributed by atoms with Gasteiger partial charge in [-0.1, -0.05) is 0 Å². The molecule has 156 valence electrons. The van der Waals surface area contributed by atoms with Crippen molar-refractivity contribution in [2.75, 3.05) is 7.05 Å². The largest absolute Gasteiger partial charge is 0.478 e. The van der Waals surface area contributed by atoms with Crippen LogP contribution in [0.15, 0.2) is 11.6 Å². The fraction of sp³-hybridized carbons (Fsp3) is 0.333. The summed E-state index contributed by atoms with van der Waals surface area (Å²) >= 11 is 6.51. The molecule has 0 saturated carbocycles. The summed E-state index contributed by atoms with van der Waals surface area (Å²) in [6.45, 7) is 3.76. The quantitative estimate of drug-likeness (QED) is 0.432. The lowest BCUT2D eigenvalue weighted by molar-refractivity contribution is -0.128. The number of thiophene rings is 1. The number of aromatic carboxylic acids is 1. The van der Waals surface area contributed by atoms with Crippen molar-refractivity contribution in [2.45, 2.75) is 39.5 Å². The molecule has 2 aromatic rings. The molecule has 0 bridgehead atoms. The maximum atomic E-state index is 12.5. The topological polar surface area (TPSA) is 91.6 Å². The molecule has 0 radical (unpaired) electrons. The zero-order valence-electron chi connectivity index (χ0n) is 16.9. The second-order valence-electron chi connectivity index (χ2n) is 7.54. The molecule has 2 aromatic heterocycles. The van der Waals surface area contributed by atoms with Gasteiger partial charge < -0.3 is 9.67 Å². The van der Waals surface area contributed by atoms with Crippen LogP contribution in [-0.4, -0.2) is 44.5 Å². The summed E-state index contributed by atoms with van der Waals surface area (Å²) in [4.78, 5) is 39.3. The lowest BCUT2D eigenvalue weighted by Gasteiger charge is -2.25. The van der Waals surface area contributed by atoms with Gasteiger partial charge in [0.1, 0.15) is 10.6 Å². The van der Waals surface area contributed by atoms with Crippen molar-refractivity contribution >= 4 is 52.5 Å². The van der Waals surface area contributed by atoms with Crippen LogP contribution < -0.4 is 5.32 Å². The molecule has 0 spiro atoms. The van der Waals surface area contributed by atoms with Crippen molar-refractivity contribution in [1.29, 1.82) is 0 Å². The first-order chi connectivity index (χ1) is 14.2. The van der Waals surface area contributed by atoms with Crippen LogP contribution in [0.5, 0.6) is 0 Å². The van der Waals surface area contributed by atoms with Gasteiger partial charge in [-0.15, -0.1) is 11.3 Å². The number of aryl methyl sites for hydroxylation is 2. The highest BCUT2D eigenvalue weighted by molar-refractivity contribution is 7.80. The smallest absolute Gasteiger partial charge is 0.339 e. The number of hydrogen-bond acceptors (Lipinski definition) is 5. The number of rotatable bonds is 3. The Balaban J connectivity index is 1.84. The first-order valence-electron chi connectivity index (χ1n) is 9.63. The molecule has 2 N–H and O–H groups in total. The molecule has 1 aliphatic carbocycles. The van der Waals surface area contributed by atoms with Crippen LogP contribution in [0.2, 0.25) is 0 Å². The molecule has 0 unspecified atom stereocenters. The van der Waals surface area contributed by atoms with Crippen molar-refractivity contribution in [1.82, 2.24) is 14.8 Å². The molecule has 1 aliphatic heterocycles. The van der Waals surface area contributed by atoms with Gasteiger partial charge >= 0.3 is 5.97 Å². The fourth-order valence-electron chi connectivity index (χ4n) is 4.08. The molecule has 1 fully saturated rings. The first-order valence-corrected chi connectivity index (χ1v) is 10.9. The van der Waals surface area contributed by atoms with E-state index in [1.807, 2.05) is 24.5 Å². The third kappa shape index (κ3) is 3.18. The Morgan fingerprint density at radius 3 is 2.67 bits per heavy atom. The predicted octanol–water partition coefficient (Wildman–Crippen LogP) is 2.99. The number of carboxylic acid groups (broad SMARTS) is 1. The zero-order chi connectivity index (χ0) is 21.7. The lowest BCUT2D eigenvalue weighted by atomic mass is 9.95. The van der Waals surface area contributed by atoms with Crippen molar-refractivity contribution in [3.63, 3.8) is 0 Å². The van der Waals surface area contributed by atoms with E-state index < -0.39 is 17.8 Å². The van der Waals surface area contributed by atoms with Crippen LogP contribution in [0.4, 0.5) is 0 Å². The van der Waals surface area contributed by atoms with Gasteiger partial charge in [0.2, 0.25) is 0 Å². The van der Waals surface area contributed by atoms with E-state index in [4.69, 9.17) is 12.2 Å². The van der Waals surface area contributed by atoms with Gasteiger partial charge in [-0.3, -0.25) is 19.8 Å². The van der Waals surface area contributed by atoms with Gasteiger partial charge in [0.15, 0.2) is 5.11 Å².